The van der Waals surface area contributed by atoms with E-state index in [1.165, 1.54) is 0 Å². The van der Waals surface area contributed by atoms with Crippen molar-refractivity contribution in [3.8, 4) is 0 Å². The predicted molar refractivity (Wildman–Crippen MR) is 43.7 cm³/mol. The summed E-state index contributed by atoms with van der Waals surface area (Å²) in [4.78, 5) is 10.8. The summed E-state index contributed by atoms with van der Waals surface area (Å²) in [6.45, 7) is 5.67. The molecular weight excluding hydrogens is 196 g/mol. The normalized spacial score (nSPS) is 12.4. The van der Waals surface area contributed by atoms with E-state index in [4.69, 9.17) is 0 Å². The molecule has 0 saturated carbocycles. The van der Waals surface area contributed by atoms with Crippen molar-refractivity contribution in [1.82, 2.24) is 0 Å². The second-order valence-corrected chi connectivity index (χ2v) is 2.45. The molecule has 0 radical (unpaired) electrons. The molecule has 0 amide bonds. The lowest BCUT2D eigenvalue weighted by atomic mass is 10.1. The van der Waals surface area contributed by atoms with E-state index in [1.807, 2.05) is 13.8 Å². The number of rotatable bonds is 2. The first-order chi connectivity index (χ1) is 4.63. The fourth-order valence-electron chi connectivity index (χ4n) is 0.497. The minimum Gasteiger partial charge on any atom is -0.380 e. The Hall–Kier alpha value is -0.310. The molecule has 0 atom stereocenters. The number of halogens is 1. The van der Waals surface area contributed by atoms with Gasteiger partial charge in [0.15, 0.2) is 16.3 Å². The van der Waals surface area contributed by atoms with Gasteiger partial charge in [-0.05, 0) is 20.3 Å². The van der Waals surface area contributed by atoms with Crippen molar-refractivity contribution in [3.05, 3.63) is 11.1 Å². The van der Waals surface area contributed by atoms with Gasteiger partial charge in [-0.2, -0.15) is 0 Å². The lowest BCUT2D eigenvalue weighted by Crippen LogP contribution is -2.00. The van der Waals surface area contributed by atoms with Crippen molar-refractivity contribution in [2.24, 2.45) is 0 Å². The molecule has 0 aromatic carbocycles. The molecule has 0 saturated heterocycles. The number of allylic oxidation sites excluding steroid dienone is 1. The maximum atomic E-state index is 10.8. The van der Waals surface area contributed by atoms with Gasteiger partial charge in [0.25, 0.3) is 0 Å². The Morgan fingerprint density at radius 1 is 1.50 bits per heavy atom. The number of carbonyl (C=O) groups is 1. The van der Waals surface area contributed by atoms with E-state index >= 15 is 0 Å². The van der Waals surface area contributed by atoms with Gasteiger partial charge in [-0.25, -0.2) is 4.79 Å². The van der Waals surface area contributed by atoms with Crippen LogP contribution in [0, 0.1) is 0 Å². The molecule has 0 spiro atoms. The lowest BCUT2D eigenvalue weighted by Gasteiger charge is -2.00. The molecule has 0 rings (SSSR count). The van der Waals surface area contributed by atoms with Gasteiger partial charge in [0, 0.05) is 5.57 Å². The summed E-state index contributed by atoms with van der Waals surface area (Å²) in [5.74, 6) is -0.306. The van der Waals surface area contributed by atoms with E-state index in [0.29, 0.717) is 5.57 Å². The third-order valence-corrected chi connectivity index (χ3v) is 1.84. The maximum absolute atomic E-state index is 10.8. The van der Waals surface area contributed by atoms with Crippen LogP contribution in [0.2, 0.25) is 0 Å². The number of hydrogen-bond donors (Lipinski definition) is 0. The summed E-state index contributed by atoms with van der Waals surface area (Å²) in [5.41, 5.74) is 1.74. The highest BCUT2D eigenvalue weighted by molar-refractivity contribution is 9.06. The summed E-state index contributed by atoms with van der Waals surface area (Å²) >= 11 is 2.63. The molecule has 0 aromatic rings. The molecule has 2 nitrogen and oxygen atoms in total. The first kappa shape index (κ1) is 9.69. The SMILES string of the molecule is CC/C(C)=C(/C)C(=O)OBr. The molecule has 0 fully saturated rings. The second kappa shape index (κ2) is 4.50. The van der Waals surface area contributed by atoms with Crippen LogP contribution in [-0.4, -0.2) is 5.97 Å². The van der Waals surface area contributed by atoms with Gasteiger partial charge in [0.2, 0.25) is 0 Å². The molecule has 0 bridgehead atoms. The smallest absolute Gasteiger partial charge is 0.345 e. The Bertz CT molecular complexity index is 161. The quantitative estimate of drug-likeness (QED) is 0.650. The first-order valence-electron chi connectivity index (χ1n) is 3.12. The van der Waals surface area contributed by atoms with Crippen LogP contribution in [0.5, 0.6) is 0 Å². The number of hydrogen-bond acceptors (Lipinski definition) is 2. The van der Waals surface area contributed by atoms with Crippen molar-refractivity contribution in [2.75, 3.05) is 0 Å². The van der Waals surface area contributed by atoms with Gasteiger partial charge >= 0.3 is 5.97 Å². The molecule has 10 heavy (non-hydrogen) atoms. The zero-order valence-corrected chi connectivity index (χ0v) is 7.99. The van der Waals surface area contributed by atoms with Crippen LogP contribution in [-0.2, 0) is 8.62 Å². The van der Waals surface area contributed by atoms with Crippen molar-refractivity contribution >= 4 is 22.2 Å². The summed E-state index contributed by atoms with van der Waals surface area (Å²) in [7, 11) is 0. The first-order valence-corrected chi connectivity index (χ1v) is 3.77. The van der Waals surface area contributed by atoms with E-state index < -0.39 is 0 Å². The molecule has 0 N–H and O–H groups in total. The molecule has 0 unspecified atom stereocenters. The third kappa shape index (κ3) is 2.52. The Kier molecular flexibility index (Phi) is 4.36. The largest absolute Gasteiger partial charge is 0.380 e. The summed E-state index contributed by atoms with van der Waals surface area (Å²) in [6.07, 6.45) is 0.883. The van der Waals surface area contributed by atoms with Crippen LogP contribution < -0.4 is 0 Å². The molecular formula is C7H11BrO2. The molecule has 0 heterocycles. The minimum absolute atomic E-state index is 0.306. The molecule has 0 aliphatic rings. The van der Waals surface area contributed by atoms with Crippen molar-refractivity contribution in [3.63, 3.8) is 0 Å². The Morgan fingerprint density at radius 3 is 2.30 bits per heavy atom. The van der Waals surface area contributed by atoms with Gasteiger partial charge in [0.1, 0.15) is 0 Å². The van der Waals surface area contributed by atoms with Crippen molar-refractivity contribution in [2.45, 2.75) is 27.2 Å². The number of carbonyl (C=O) groups excluding carboxylic acids is 1. The highest BCUT2D eigenvalue weighted by atomic mass is 79.9. The van der Waals surface area contributed by atoms with Crippen molar-refractivity contribution < 1.29 is 8.62 Å². The van der Waals surface area contributed by atoms with E-state index in [2.05, 4.69) is 20.1 Å². The Labute approximate surface area is 69.7 Å². The molecule has 3 heteroatoms. The van der Waals surface area contributed by atoms with Gasteiger partial charge in [-0.1, -0.05) is 12.5 Å². The lowest BCUT2D eigenvalue weighted by molar-refractivity contribution is -0.128. The standard InChI is InChI=1S/C7H11BrO2/c1-4-5(2)6(3)7(9)10-8/h4H2,1-3H3/b6-5-. The Morgan fingerprint density at radius 2 is 2.00 bits per heavy atom. The summed E-state index contributed by atoms with van der Waals surface area (Å²) in [6, 6.07) is 0. The van der Waals surface area contributed by atoms with Crippen LogP contribution in [0.4, 0.5) is 0 Å². The topological polar surface area (TPSA) is 26.3 Å². The van der Waals surface area contributed by atoms with E-state index in [1.54, 1.807) is 6.92 Å². The van der Waals surface area contributed by atoms with Gasteiger partial charge in [-0.3, -0.25) is 0 Å². The van der Waals surface area contributed by atoms with Gasteiger partial charge in [0.05, 0.1) is 0 Å². The molecule has 0 aromatic heterocycles. The fraction of sp³-hybridized carbons (Fsp3) is 0.571. The predicted octanol–water partition coefficient (Wildman–Crippen LogP) is 2.59. The van der Waals surface area contributed by atoms with E-state index in [0.717, 1.165) is 12.0 Å². The molecule has 58 valence electrons. The average molecular weight is 207 g/mol. The van der Waals surface area contributed by atoms with Gasteiger partial charge < -0.3 is 3.83 Å². The van der Waals surface area contributed by atoms with Crippen molar-refractivity contribution in [1.29, 1.82) is 0 Å². The zero-order chi connectivity index (χ0) is 8.15. The zero-order valence-electron chi connectivity index (χ0n) is 6.40. The summed E-state index contributed by atoms with van der Waals surface area (Å²) in [5, 5.41) is 0. The monoisotopic (exact) mass is 206 g/mol. The fourth-order valence-corrected chi connectivity index (χ4v) is 0.740. The highest BCUT2D eigenvalue weighted by Crippen LogP contribution is 2.09. The average Bonchev–Trinajstić information content (AvgIpc) is 2.00. The van der Waals surface area contributed by atoms with Crippen LogP contribution in [0.1, 0.15) is 27.2 Å². The third-order valence-electron chi connectivity index (χ3n) is 1.55. The van der Waals surface area contributed by atoms with Gasteiger partial charge in [-0.15, -0.1) is 0 Å². The molecule has 0 aliphatic heterocycles. The minimum atomic E-state index is -0.306. The van der Waals surface area contributed by atoms with Crippen LogP contribution in [0.3, 0.4) is 0 Å². The van der Waals surface area contributed by atoms with Crippen LogP contribution in [0.25, 0.3) is 0 Å². The summed E-state index contributed by atoms with van der Waals surface area (Å²) < 4.78 is 4.35. The molecule has 0 aliphatic carbocycles. The Balaban J connectivity index is 4.30. The van der Waals surface area contributed by atoms with Crippen LogP contribution in [0.15, 0.2) is 11.1 Å². The maximum Gasteiger partial charge on any atom is 0.345 e. The van der Waals surface area contributed by atoms with Crippen LogP contribution >= 0.6 is 16.3 Å². The highest BCUT2D eigenvalue weighted by Gasteiger charge is 2.05. The second-order valence-electron chi connectivity index (χ2n) is 2.12. The van der Waals surface area contributed by atoms with E-state index in [9.17, 15) is 4.79 Å². The van der Waals surface area contributed by atoms with E-state index in [-0.39, 0.29) is 5.97 Å².